The molecule has 0 bridgehead atoms. The summed E-state index contributed by atoms with van der Waals surface area (Å²) >= 11 is 6.19. The maximum atomic E-state index is 12.9. The lowest BCUT2D eigenvalue weighted by molar-refractivity contribution is -0.857. The molecule has 0 radical (unpaired) electrons. The van der Waals surface area contributed by atoms with E-state index in [-0.39, 0.29) is 11.3 Å². The first-order valence-corrected chi connectivity index (χ1v) is 9.69. The lowest BCUT2D eigenvalue weighted by atomic mass is 9.95. The van der Waals surface area contributed by atoms with Crippen molar-refractivity contribution in [3.63, 3.8) is 0 Å². The van der Waals surface area contributed by atoms with Crippen molar-refractivity contribution in [2.75, 3.05) is 34.3 Å². The molecule has 0 aromatic heterocycles. The number of likely N-dealkylation sites (tertiary alicyclic amines) is 1. The first-order valence-electron chi connectivity index (χ1n) is 9.31. The fourth-order valence-electron chi connectivity index (χ4n) is 3.41. The van der Waals surface area contributed by atoms with Crippen LogP contribution in [0.25, 0.3) is 5.76 Å². The smallest absolute Gasteiger partial charge is 0.295 e. The van der Waals surface area contributed by atoms with Gasteiger partial charge in [0.05, 0.1) is 50.9 Å². The van der Waals surface area contributed by atoms with Gasteiger partial charge in [-0.1, -0.05) is 41.9 Å². The molecule has 0 saturated carbocycles. The highest BCUT2D eigenvalue weighted by atomic mass is 35.5. The summed E-state index contributed by atoms with van der Waals surface area (Å²) < 4.78 is 5.14. The number of aliphatic hydroxyl groups excluding tert-OH is 1. The van der Waals surface area contributed by atoms with Gasteiger partial charge in [-0.05, 0) is 23.8 Å². The molecule has 3 rings (SSSR count). The molecule has 2 N–H and O–H groups in total. The van der Waals surface area contributed by atoms with Crippen molar-refractivity contribution in [3.05, 3.63) is 70.3 Å². The molecule has 1 atom stereocenters. The summed E-state index contributed by atoms with van der Waals surface area (Å²) in [5.41, 5.74) is 1.19. The molecule has 152 valence electrons. The highest BCUT2D eigenvalue weighted by molar-refractivity contribution is 6.46. The molecule has 6 nitrogen and oxygen atoms in total. The van der Waals surface area contributed by atoms with Crippen LogP contribution in [0.15, 0.2) is 54.1 Å². The van der Waals surface area contributed by atoms with Gasteiger partial charge in [-0.15, -0.1) is 0 Å². The number of amides is 1. The number of benzene rings is 2. The van der Waals surface area contributed by atoms with E-state index in [1.807, 2.05) is 44.4 Å². The average molecular weight is 416 g/mol. The second-order valence-electron chi connectivity index (χ2n) is 7.21. The van der Waals surface area contributed by atoms with E-state index in [1.54, 1.807) is 12.1 Å². The van der Waals surface area contributed by atoms with Crippen molar-refractivity contribution in [1.82, 2.24) is 4.90 Å². The number of halogens is 1. The molecule has 0 unspecified atom stereocenters. The maximum Gasteiger partial charge on any atom is 0.295 e. The number of hydrogen-bond acceptors (Lipinski definition) is 4. The van der Waals surface area contributed by atoms with Gasteiger partial charge in [0.25, 0.3) is 11.7 Å². The monoisotopic (exact) mass is 415 g/mol. The summed E-state index contributed by atoms with van der Waals surface area (Å²) in [6.07, 6.45) is 0. The molecule has 1 aliphatic rings. The number of carbonyl (C=O) groups is 2. The minimum Gasteiger partial charge on any atom is -0.507 e. The molecule has 1 saturated heterocycles. The first kappa shape index (κ1) is 20.9. The number of nitrogens with zero attached hydrogens (tertiary/aromatic N) is 1. The molecular formula is C22H24ClN2O4+. The van der Waals surface area contributed by atoms with Gasteiger partial charge in [-0.3, -0.25) is 9.59 Å². The van der Waals surface area contributed by atoms with E-state index in [0.29, 0.717) is 29.4 Å². The van der Waals surface area contributed by atoms with Crippen LogP contribution in [0.4, 0.5) is 0 Å². The molecule has 1 amide bonds. The molecule has 1 fully saturated rings. The lowest BCUT2D eigenvalue weighted by Crippen LogP contribution is -3.06. The standard InChI is InChI=1S/C22H23ClN2O4/c1-24(2)11-12-25-19(14-7-5-4-6-8-14)18(21(27)22(25)28)20(26)15-9-10-17(29-3)16(23)13-15/h4-10,13,19,26H,11-12H2,1-3H3/p+1/t19-/m0/s1. The number of Topliss-reactive ketones (excluding diaryl/α,β-unsaturated/α-hetero) is 1. The molecule has 7 heteroatoms. The number of methoxy groups -OCH3 is 1. The third-order valence-corrected chi connectivity index (χ3v) is 5.23. The molecular weight excluding hydrogens is 392 g/mol. The number of aliphatic hydroxyl groups is 1. The van der Waals surface area contributed by atoms with E-state index >= 15 is 0 Å². The van der Waals surface area contributed by atoms with Gasteiger partial charge < -0.3 is 19.6 Å². The quantitative estimate of drug-likeness (QED) is 0.429. The van der Waals surface area contributed by atoms with E-state index in [0.717, 1.165) is 10.5 Å². The molecule has 2 aromatic rings. The third kappa shape index (κ3) is 4.13. The van der Waals surface area contributed by atoms with Gasteiger partial charge in [-0.25, -0.2) is 0 Å². The van der Waals surface area contributed by atoms with Gasteiger partial charge in [0.1, 0.15) is 11.5 Å². The number of quaternary nitrogens is 1. The van der Waals surface area contributed by atoms with Crippen LogP contribution in [0, 0.1) is 0 Å². The minimum atomic E-state index is -0.697. The van der Waals surface area contributed by atoms with Crippen molar-refractivity contribution in [2.45, 2.75) is 6.04 Å². The van der Waals surface area contributed by atoms with Gasteiger partial charge >= 0.3 is 0 Å². The summed E-state index contributed by atoms with van der Waals surface area (Å²) in [6, 6.07) is 13.3. The second kappa shape index (κ2) is 8.68. The largest absolute Gasteiger partial charge is 0.507 e. The number of ketones is 1. The minimum absolute atomic E-state index is 0.0659. The van der Waals surface area contributed by atoms with Crippen LogP contribution in [0.1, 0.15) is 17.2 Å². The van der Waals surface area contributed by atoms with Crippen LogP contribution in [-0.4, -0.2) is 56.0 Å². The molecule has 2 aromatic carbocycles. The fourth-order valence-corrected chi connectivity index (χ4v) is 3.66. The number of likely N-dealkylation sites (N-methyl/N-ethyl adjacent to an activating group) is 1. The van der Waals surface area contributed by atoms with E-state index in [1.165, 1.54) is 18.1 Å². The summed E-state index contributed by atoms with van der Waals surface area (Å²) in [5.74, 6) is -1.10. The maximum absolute atomic E-state index is 12.9. The Morgan fingerprint density at radius 2 is 1.86 bits per heavy atom. The zero-order valence-corrected chi connectivity index (χ0v) is 17.4. The SMILES string of the molecule is COc1ccc(C(O)=C2C(=O)C(=O)N(CC[NH+](C)C)[C@H]2c2ccccc2)cc1Cl. The molecule has 1 heterocycles. The van der Waals surface area contributed by atoms with Crippen molar-refractivity contribution in [1.29, 1.82) is 0 Å². The van der Waals surface area contributed by atoms with Gasteiger partial charge in [-0.2, -0.15) is 0 Å². The van der Waals surface area contributed by atoms with Crippen molar-refractivity contribution in [2.24, 2.45) is 0 Å². The summed E-state index contributed by atoms with van der Waals surface area (Å²) in [7, 11) is 5.45. The van der Waals surface area contributed by atoms with Crippen LogP contribution in [0.5, 0.6) is 5.75 Å². The number of nitrogens with one attached hydrogen (secondary N) is 1. The van der Waals surface area contributed by atoms with Crippen LogP contribution in [0.3, 0.4) is 0 Å². The fraction of sp³-hybridized carbons (Fsp3) is 0.273. The average Bonchev–Trinajstić information content (AvgIpc) is 2.97. The van der Waals surface area contributed by atoms with Crippen LogP contribution < -0.4 is 9.64 Å². The predicted octanol–water partition coefficient (Wildman–Crippen LogP) is 1.91. The Bertz CT molecular complexity index is 957. The Morgan fingerprint density at radius 3 is 2.45 bits per heavy atom. The third-order valence-electron chi connectivity index (χ3n) is 4.93. The van der Waals surface area contributed by atoms with Crippen LogP contribution in [0.2, 0.25) is 5.02 Å². The lowest BCUT2D eigenvalue weighted by Gasteiger charge is -2.25. The second-order valence-corrected chi connectivity index (χ2v) is 7.62. The zero-order chi connectivity index (χ0) is 21.1. The molecule has 0 aliphatic carbocycles. The summed E-state index contributed by atoms with van der Waals surface area (Å²) in [4.78, 5) is 28.4. The number of ether oxygens (including phenoxy) is 1. The Kier molecular flexibility index (Phi) is 6.25. The van der Waals surface area contributed by atoms with Gasteiger partial charge in [0.15, 0.2) is 0 Å². The van der Waals surface area contributed by atoms with Gasteiger partial charge in [0.2, 0.25) is 0 Å². The van der Waals surface area contributed by atoms with Crippen LogP contribution in [-0.2, 0) is 9.59 Å². The highest BCUT2D eigenvalue weighted by Gasteiger charge is 2.46. The van der Waals surface area contributed by atoms with Crippen molar-refractivity contribution in [3.8, 4) is 5.75 Å². The summed E-state index contributed by atoms with van der Waals surface area (Å²) in [5, 5.41) is 11.3. The Labute approximate surface area is 174 Å². The van der Waals surface area contributed by atoms with E-state index in [9.17, 15) is 14.7 Å². The van der Waals surface area contributed by atoms with E-state index in [4.69, 9.17) is 16.3 Å². The highest BCUT2D eigenvalue weighted by Crippen LogP contribution is 2.39. The number of carbonyl (C=O) groups excluding carboxylic acids is 2. The van der Waals surface area contributed by atoms with E-state index < -0.39 is 17.7 Å². The predicted molar refractivity (Wildman–Crippen MR) is 111 cm³/mol. The molecule has 0 spiro atoms. The topological polar surface area (TPSA) is 71.3 Å². The Balaban J connectivity index is 2.13. The summed E-state index contributed by atoms with van der Waals surface area (Å²) in [6.45, 7) is 1.07. The normalized spacial score (nSPS) is 18.5. The Hall–Kier alpha value is -2.83. The molecule has 1 aliphatic heterocycles. The van der Waals surface area contributed by atoms with Gasteiger partial charge in [0, 0.05) is 5.56 Å². The molecule has 29 heavy (non-hydrogen) atoms. The van der Waals surface area contributed by atoms with Crippen molar-refractivity contribution < 1.29 is 24.3 Å². The van der Waals surface area contributed by atoms with Crippen molar-refractivity contribution >= 4 is 29.1 Å². The number of hydrogen-bond donors (Lipinski definition) is 2. The zero-order valence-electron chi connectivity index (χ0n) is 16.6. The van der Waals surface area contributed by atoms with E-state index in [2.05, 4.69) is 0 Å². The Morgan fingerprint density at radius 1 is 1.17 bits per heavy atom. The number of rotatable bonds is 6. The van der Waals surface area contributed by atoms with Crippen LogP contribution >= 0.6 is 11.6 Å². The first-order chi connectivity index (χ1) is 13.8.